The van der Waals surface area contributed by atoms with Crippen LogP contribution in [0.5, 0.6) is 0 Å². The van der Waals surface area contributed by atoms with Gasteiger partial charge in [0, 0.05) is 32.4 Å². The maximum atomic E-state index is 12.8. The Balaban J connectivity index is 1.54. The molecule has 1 aromatic rings. The van der Waals surface area contributed by atoms with Crippen LogP contribution in [0.2, 0.25) is 0 Å². The van der Waals surface area contributed by atoms with Crippen LogP contribution in [0.15, 0.2) is 42.1 Å². The van der Waals surface area contributed by atoms with E-state index in [1.807, 2.05) is 11.0 Å². The van der Waals surface area contributed by atoms with Gasteiger partial charge in [-0.3, -0.25) is 4.79 Å². The summed E-state index contributed by atoms with van der Waals surface area (Å²) in [4.78, 5) is 16.8. The van der Waals surface area contributed by atoms with Crippen LogP contribution in [-0.4, -0.2) is 41.9 Å². The van der Waals surface area contributed by atoms with Crippen LogP contribution in [0.25, 0.3) is 0 Å². The molecule has 2 aliphatic heterocycles. The summed E-state index contributed by atoms with van der Waals surface area (Å²) >= 11 is 0. The van der Waals surface area contributed by atoms with Crippen LogP contribution >= 0.6 is 0 Å². The van der Waals surface area contributed by atoms with E-state index in [2.05, 4.69) is 42.2 Å². The molecule has 0 aromatic heterocycles. The fraction of sp³-hybridized carbons (Fsp3) is 0.545. The molecule has 4 heteroatoms. The molecule has 138 valence electrons. The second-order valence-electron chi connectivity index (χ2n) is 7.82. The van der Waals surface area contributed by atoms with Gasteiger partial charge >= 0.3 is 0 Å². The summed E-state index contributed by atoms with van der Waals surface area (Å²) in [5.41, 5.74) is 1.66. The highest BCUT2D eigenvalue weighted by atomic mass is 16.2. The number of hydrogen-bond acceptors (Lipinski definition) is 3. The summed E-state index contributed by atoms with van der Waals surface area (Å²) < 4.78 is 0. The molecule has 2 saturated heterocycles. The molecule has 3 rings (SSSR count). The summed E-state index contributed by atoms with van der Waals surface area (Å²) in [6.07, 6.45) is 7.27. The molecule has 26 heavy (non-hydrogen) atoms. The third-order valence-corrected chi connectivity index (χ3v) is 5.62. The van der Waals surface area contributed by atoms with Crippen molar-refractivity contribution >= 4 is 5.91 Å². The van der Waals surface area contributed by atoms with E-state index in [1.54, 1.807) is 6.20 Å². The van der Waals surface area contributed by atoms with Crippen LogP contribution in [0.4, 0.5) is 0 Å². The lowest BCUT2D eigenvalue weighted by molar-refractivity contribution is -0.128. The molecule has 1 atom stereocenters. The third-order valence-electron chi connectivity index (χ3n) is 5.62. The molecule has 0 bridgehead atoms. The van der Waals surface area contributed by atoms with Crippen molar-refractivity contribution in [2.24, 2.45) is 11.8 Å². The number of carbonyl (C=O) groups excluding carboxylic acids is 1. The number of piperidine rings is 2. The maximum absolute atomic E-state index is 12.8. The predicted molar refractivity (Wildman–Crippen MR) is 103 cm³/mol. The van der Waals surface area contributed by atoms with Gasteiger partial charge in [0.15, 0.2) is 0 Å². The molecular formula is C22H29N3O. The molecule has 2 aliphatic rings. The fourth-order valence-corrected chi connectivity index (χ4v) is 4.12. The quantitative estimate of drug-likeness (QED) is 0.615. The summed E-state index contributed by atoms with van der Waals surface area (Å²) in [5.74, 6) is 1.16. The number of nitriles is 1. The molecule has 0 saturated carbocycles. The van der Waals surface area contributed by atoms with Crippen molar-refractivity contribution in [3.05, 3.63) is 47.7 Å². The molecule has 0 spiro atoms. The number of carbonyl (C=O) groups is 1. The third kappa shape index (κ3) is 4.88. The van der Waals surface area contributed by atoms with Gasteiger partial charge in [-0.1, -0.05) is 37.3 Å². The fourth-order valence-electron chi connectivity index (χ4n) is 4.12. The number of hydrogen-bond donors (Lipinski definition) is 0. The SMILES string of the molecule is CC1CCCN(/C=C(/C#N)C(=O)N2CCC(Cc3ccccc3)CC2)C1. The number of benzene rings is 1. The molecule has 0 radical (unpaired) electrons. The van der Waals surface area contributed by atoms with E-state index >= 15 is 0 Å². The van der Waals surface area contributed by atoms with E-state index in [9.17, 15) is 10.1 Å². The lowest BCUT2D eigenvalue weighted by Gasteiger charge is -2.33. The first-order valence-electron chi connectivity index (χ1n) is 9.85. The zero-order valence-electron chi connectivity index (χ0n) is 15.7. The van der Waals surface area contributed by atoms with Crippen LogP contribution in [-0.2, 0) is 11.2 Å². The van der Waals surface area contributed by atoms with Crippen molar-refractivity contribution in [1.82, 2.24) is 9.80 Å². The van der Waals surface area contributed by atoms with Gasteiger partial charge < -0.3 is 9.80 Å². The Bertz CT molecular complexity index is 668. The molecule has 1 unspecified atom stereocenters. The average molecular weight is 351 g/mol. The Hall–Kier alpha value is -2.28. The first-order chi connectivity index (χ1) is 12.7. The van der Waals surface area contributed by atoms with E-state index in [4.69, 9.17) is 0 Å². The topological polar surface area (TPSA) is 47.3 Å². The monoisotopic (exact) mass is 351 g/mol. The molecule has 0 aliphatic carbocycles. The van der Waals surface area contributed by atoms with E-state index in [-0.39, 0.29) is 5.91 Å². The second kappa shape index (κ2) is 8.89. The Morgan fingerprint density at radius 2 is 1.92 bits per heavy atom. The minimum Gasteiger partial charge on any atom is -0.376 e. The summed E-state index contributed by atoms with van der Waals surface area (Å²) in [5, 5.41) is 9.48. The molecule has 4 nitrogen and oxygen atoms in total. The first kappa shape index (κ1) is 18.5. The number of likely N-dealkylation sites (tertiary alicyclic amines) is 2. The van der Waals surface area contributed by atoms with Gasteiger partial charge in [0.25, 0.3) is 5.91 Å². The molecule has 1 amide bonds. The molecule has 1 aromatic carbocycles. The predicted octanol–water partition coefficient (Wildman–Crippen LogP) is 3.61. The molecule has 2 heterocycles. The molecule has 2 fully saturated rings. The van der Waals surface area contributed by atoms with E-state index in [1.165, 1.54) is 12.0 Å². The van der Waals surface area contributed by atoms with Gasteiger partial charge in [-0.05, 0) is 49.5 Å². The van der Waals surface area contributed by atoms with Gasteiger partial charge in [-0.2, -0.15) is 5.26 Å². The van der Waals surface area contributed by atoms with Crippen molar-refractivity contribution < 1.29 is 4.79 Å². The summed E-state index contributed by atoms with van der Waals surface area (Å²) in [6.45, 7) is 5.63. The van der Waals surface area contributed by atoms with E-state index in [0.717, 1.165) is 51.9 Å². The van der Waals surface area contributed by atoms with Gasteiger partial charge in [0.05, 0.1) is 0 Å². The Kier molecular flexibility index (Phi) is 6.33. The molecular weight excluding hydrogens is 322 g/mol. The lowest BCUT2D eigenvalue weighted by Crippen LogP contribution is -2.40. The van der Waals surface area contributed by atoms with Crippen LogP contribution in [0.3, 0.4) is 0 Å². The normalized spacial score (nSPS) is 22.2. The van der Waals surface area contributed by atoms with Gasteiger partial charge in [0.2, 0.25) is 0 Å². The zero-order chi connectivity index (χ0) is 18.4. The highest BCUT2D eigenvalue weighted by molar-refractivity contribution is 5.97. The van der Waals surface area contributed by atoms with Gasteiger partial charge in [-0.15, -0.1) is 0 Å². The van der Waals surface area contributed by atoms with Gasteiger partial charge in [0.1, 0.15) is 11.6 Å². The minimum atomic E-state index is -0.0936. The Labute approximate surface area is 157 Å². The van der Waals surface area contributed by atoms with Crippen molar-refractivity contribution in [2.45, 2.75) is 39.0 Å². The van der Waals surface area contributed by atoms with Crippen LogP contribution in [0, 0.1) is 23.2 Å². The smallest absolute Gasteiger partial charge is 0.266 e. The van der Waals surface area contributed by atoms with Gasteiger partial charge in [-0.25, -0.2) is 0 Å². The molecule has 0 N–H and O–H groups in total. The van der Waals surface area contributed by atoms with Crippen molar-refractivity contribution in [2.75, 3.05) is 26.2 Å². The van der Waals surface area contributed by atoms with Crippen molar-refractivity contribution in [3.8, 4) is 6.07 Å². The number of rotatable bonds is 4. The van der Waals surface area contributed by atoms with Crippen molar-refractivity contribution in [1.29, 1.82) is 5.26 Å². The standard InChI is InChI=1S/C22H29N3O/c1-18-6-5-11-24(16-18)17-21(15-23)22(26)25-12-9-20(10-13-25)14-19-7-3-2-4-8-19/h2-4,7-8,17-18,20H,5-6,9-14,16H2,1H3/b21-17-. The highest BCUT2D eigenvalue weighted by Crippen LogP contribution is 2.23. The first-order valence-corrected chi connectivity index (χ1v) is 9.85. The maximum Gasteiger partial charge on any atom is 0.266 e. The number of nitrogens with zero attached hydrogens (tertiary/aromatic N) is 3. The Morgan fingerprint density at radius 1 is 1.19 bits per heavy atom. The van der Waals surface area contributed by atoms with E-state index < -0.39 is 0 Å². The summed E-state index contributed by atoms with van der Waals surface area (Å²) in [6, 6.07) is 12.7. The average Bonchev–Trinajstić information content (AvgIpc) is 2.67. The van der Waals surface area contributed by atoms with Crippen LogP contribution in [0.1, 0.15) is 38.2 Å². The zero-order valence-corrected chi connectivity index (χ0v) is 15.7. The lowest BCUT2D eigenvalue weighted by atomic mass is 9.90. The minimum absolute atomic E-state index is 0.0936. The second-order valence-corrected chi connectivity index (χ2v) is 7.82. The van der Waals surface area contributed by atoms with E-state index in [0.29, 0.717) is 17.4 Å². The number of amides is 1. The van der Waals surface area contributed by atoms with Crippen LogP contribution < -0.4 is 0 Å². The highest BCUT2D eigenvalue weighted by Gasteiger charge is 2.26. The largest absolute Gasteiger partial charge is 0.376 e. The van der Waals surface area contributed by atoms with Crippen molar-refractivity contribution in [3.63, 3.8) is 0 Å². The Morgan fingerprint density at radius 3 is 2.58 bits per heavy atom. The summed E-state index contributed by atoms with van der Waals surface area (Å²) in [7, 11) is 0.